The van der Waals surface area contributed by atoms with Crippen molar-refractivity contribution in [1.82, 2.24) is 14.7 Å². The first kappa shape index (κ1) is 12.6. The predicted octanol–water partition coefficient (Wildman–Crippen LogP) is 0.447. The molecular formula is C11H13N3O3S2. The lowest BCUT2D eigenvalue weighted by atomic mass is 10.1. The Morgan fingerprint density at radius 2 is 2.42 bits per heavy atom. The quantitative estimate of drug-likeness (QED) is 0.892. The van der Waals surface area contributed by atoms with Crippen LogP contribution in [0.5, 0.6) is 0 Å². The molecule has 1 N–H and O–H groups in total. The van der Waals surface area contributed by atoms with E-state index < -0.39 is 15.8 Å². The number of imidazole rings is 1. The first-order valence-electron chi connectivity index (χ1n) is 5.93. The summed E-state index contributed by atoms with van der Waals surface area (Å²) in [5.41, 5.74) is 0.779. The Bertz CT molecular complexity index is 688. The molecule has 0 spiro atoms. The van der Waals surface area contributed by atoms with Crippen molar-refractivity contribution < 1.29 is 13.2 Å². The molecule has 102 valence electrons. The molecule has 1 saturated heterocycles. The second-order valence-electron chi connectivity index (χ2n) is 4.64. The lowest BCUT2D eigenvalue weighted by molar-refractivity contribution is -0.124. The van der Waals surface area contributed by atoms with Gasteiger partial charge in [0.15, 0.2) is 14.8 Å². The number of carbonyl (C=O) groups excluding carboxylic acids is 1. The number of carbonyl (C=O) groups is 1. The Morgan fingerprint density at radius 1 is 1.58 bits per heavy atom. The fourth-order valence-corrected chi connectivity index (χ4v) is 4.65. The number of nitrogens with zero attached hydrogens (tertiary/aromatic N) is 2. The Kier molecular flexibility index (Phi) is 3.06. The molecule has 0 aliphatic carbocycles. The number of hydrogen-bond donors (Lipinski definition) is 1. The third-order valence-corrected chi connectivity index (χ3v) is 5.73. The van der Waals surface area contributed by atoms with Crippen molar-refractivity contribution in [3.63, 3.8) is 0 Å². The van der Waals surface area contributed by atoms with E-state index in [0.29, 0.717) is 13.0 Å². The van der Waals surface area contributed by atoms with Crippen LogP contribution in [0.4, 0.5) is 0 Å². The van der Waals surface area contributed by atoms with Crippen LogP contribution in [0.3, 0.4) is 0 Å². The second-order valence-corrected chi connectivity index (χ2v) is 7.74. The number of nitrogens with one attached hydrogen (secondary N) is 1. The number of aromatic nitrogens is 2. The van der Waals surface area contributed by atoms with Crippen LogP contribution in [0.2, 0.25) is 0 Å². The van der Waals surface area contributed by atoms with Crippen LogP contribution in [0, 0.1) is 5.92 Å². The summed E-state index contributed by atoms with van der Waals surface area (Å²) < 4.78 is 24.5. The third-order valence-electron chi connectivity index (χ3n) is 3.19. The minimum Gasteiger partial charge on any atom is -0.350 e. The molecule has 1 amide bonds. The fraction of sp³-hybridized carbons (Fsp3) is 0.455. The Labute approximate surface area is 114 Å². The molecule has 6 nitrogen and oxygen atoms in total. The van der Waals surface area contributed by atoms with Crippen molar-refractivity contribution in [3.05, 3.63) is 23.5 Å². The Balaban J connectivity index is 1.60. The molecule has 0 aromatic carbocycles. The van der Waals surface area contributed by atoms with Gasteiger partial charge >= 0.3 is 0 Å². The highest BCUT2D eigenvalue weighted by Gasteiger charge is 2.32. The van der Waals surface area contributed by atoms with Gasteiger partial charge in [-0.25, -0.2) is 13.4 Å². The van der Waals surface area contributed by atoms with E-state index >= 15 is 0 Å². The summed E-state index contributed by atoms with van der Waals surface area (Å²) in [6, 6.07) is 0. The molecule has 1 aliphatic heterocycles. The summed E-state index contributed by atoms with van der Waals surface area (Å²) >= 11 is 1.53. The molecule has 3 heterocycles. The molecule has 2 aromatic heterocycles. The Morgan fingerprint density at radius 3 is 3.11 bits per heavy atom. The number of sulfone groups is 1. The molecule has 8 heteroatoms. The first-order chi connectivity index (χ1) is 9.03. The normalized spacial score (nSPS) is 21.8. The zero-order chi connectivity index (χ0) is 13.5. The molecule has 1 atom stereocenters. The highest BCUT2D eigenvalue weighted by atomic mass is 32.2. The minimum absolute atomic E-state index is 0.0306. The van der Waals surface area contributed by atoms with Crippen LogP contribution in [0.25, 0.3) is 4.96 Å². The van der Waals surface area contributed by atoms with Crippen LogP contribution >= 0.6 is 11.3 Å². The fourth-order valence-electron chi connectivity index (χ4n) is 2.19. The first-order valence-corrected chi connectivity index (χ1v) is 8.63. The number of rotatable bonds is 3. The van der Waals surface area contributed by atoms with E-state index in [1.807, 2.05) is 22.2 Å². The maximum absolute atomic E-state index is 11.9. The van der Waals surface area contributed by atoms with Crippen molar-refractivity contribution in [3.8, 4) is 0 Å². The maximum atomic E-state index is 11.9. The molecular weight excluding hydrogens is 286 g/mol. The zero-order valence-corrected chi connectivity index (χ0v) is 11.7. The molecule has 0 saturated carbocycles. The number of thiazole rings is 1. The van der Waals surface area contributed by atoms with E-state index in [2.05, 4.69) is 10.3 Å². The molecule has 1 aliphatic rings. The average molecular weight is 299 g/mol. The smallest absolute Gasteiger partial charge is 0.224 e. The van der Waals surface area contributed by atoms with Crippen LogP contribution < -0.4 is 5.32 Å². The van der Waals surface area contributed by atoms with Crippen LogP contribution in [-0.4, -0.2) is 35.2 Å². The topological polar surface area (TPSA) is 80.5 Å². The molecule has 0 unspecified atom stereocenters. The Hall–Kier alpha value is -1.41. The van der Waals surface area contributed by atoms with Gasteiger partial charge in [-0.3, -0.25) is 9.20 Å². The van der Waals surface area contributed by atoms with E-state index in [4.69, 9.17) is 0 Å². The summed E-state index contributed by atoms with van der Waals surface area (Å²) in [7, 11) is -3.01. The molecule has 2 aromatic rings. The molecule has 19 heavy (non-hydrogen) atoms. The minimum atomic E-state index is -3.01. The molecule has 1 fully saturated rings. The number of amides is 1. The molecule has 0 bridgehead atoms. The van der Waals surface area contributed by atoms with Crippen molar-refractivity contribution in [2.24, 2.45) is 5.92 Å². The van der Waals surface area contributed by atoms with E-state index in [1.165, 1.54) is 11.3 Å². The number of fused-ring (bicyclic) bond motifs is 1. The van der Waals surface area contributed by atoms with E-state index in [-0.39, 0.29) is 17.4 Å². The highest BCUT2D eigenvalue weighted by molar-refractivity contribution is 7.91. The lowest BCUT2D eigenvalue weighted by Gasteiger charge is -2.07. The SMILES string of the molecule is O=C(NCc1cn2ccsc2n1)[C@@H]1CCS(=O)(=O)C1. The van der Waals surface area contributed by atoms with Gasteiger partial charge in [0.2, 0.25) is 5.91 Å². The van der Waals surface area contributed by atoms with Gasteiger partial charge in [-0.05, 0) is 6.42 Å². The van der Waals surface area contributed by atoms with Crippen LogP contribution in [0.15, 0.2) is 17.8 Å². The summed E-state index contributed by atoms with van der Waals surface area (Å²) in [4.78, 5) is 17.1. The van der Waals surface area contributed by atoms with Crippen molar-refractivity contribution in [1.29, 1.82) is 0 Å². The summed E-state index contributed by atoms with van der Waals surface area (Å²) in [6.07, 6.45) is 4.19. The van der Waals surface area contributed by atoms with Gasteiger partial charge in [0.1, 0.15) is 0 Å². The van der Waals surface area contributed by atoms with Gasteiger partial charge in [0.25, 0.3) is 0 Å². The summed E-state index contributed by atoms with van der Waals surface area (Å²) in [5, 5.41) is 4.69. The van der Waals surface area contributed by atoms with Crippen LogP contribution in [-0.2, 0) is 21.2 Å². The largest absolute Gasteiger partial charge is 0.350 e. The lowest BCUT2D eigenvalue weighted by Crippen LogP contribution is -2.31. The van der Waals surface area contributed by atoms with E-state index in [0.717, 1.165) is 10.7 Å². The van der Waals surface area contributed by atoms with E-state index in [1.54, 1.807) is 0 Å². The number of hydrogen-bond acceptors (Lipinski definition) is 5. The van der Waals surface area contributed by atoms with Gasteiger partial charge in [-0.1, -0.05) is 0 Å². The standard InChI is InChI=1S/C11H13N3O3S2/c15-10(8-1-4-19(16,17)7-8)12-5-9-6-14-2-3-18-11(14)13-9/h2-3,6,8H,1,4-5,7H2,(H,12,15)/t8-/m1/s1. The highest BCUT2D eigenvalue weighted by Crippen LogP contribution is 2.18. The van der Waals surface area contributed by atoms with Crippen molar-refractivity contribution in [2.45, 2.75) is 13.0 Å². The van der Waals surface area contributed by atoms with Gasteiger partial charge in [-0.15, -0.1) is 11.3 Å². The van der Waals surface area contributed by atoms with Gasteiger partial charge in [-0.2, -0.15) is 0 Å². The van der Waals surface area contributed by atoms with Crippen molar-refractivity contribution in [2.75, 3.05) is 11.5 Å². The zero-order valence-electron chi connectivity index (χ0n) is 10.1. The van der Waals surface area contributed by atoms with E-state index in [9.17, 15) is 13.2 Å². The van der Waals surface area contributed by atoms with Gasteiger partial charge in [0.05, 0.1) is 29.7 Å². The summed E-state index contributed by atoms with van der Waals surface area (Å²) in [5.74, 6) is -0.520. The van der Waals surface area contributed by atoms with Gasteiger partial charge < -0.3 is 5.32 Å². The average Bonchev–Trinajstić information content (AvgIpc) is 2.99. The molecule has 3 rings (SSSR count). The van der Waals surface area contributed by atoms with Crippen molar-refractivity contribution >= 4 is 32.0 Å². The summed E-state index contributed by atoms with van der Waals surface area (Å²) in [6.45, 7) is 0.337. The predicted molar refractivity (Wildman–Crippen MR) is 71.7 cm³/mol. The molecule has 0 radical (unpaired) electrons. The second kappa shape index (κ2) is 4.61. The maximum Gasteiger partial charge on any atom is 0.224 e. The van der Waals surface area contributed by atoms with Crippen LogP contribution in [0.1, 0.15) is 12.1 Å². The van der Waals surface area contributed by atoms with Gasteiger partial charge in [0, 0.05) is 17.8 Å². The monoisotopic (exact) mass is 299 g/mol. The third kappa shape index (κ3) is 2.64.